The van der Waals surface area contributed by atoms with E-state index in [0.717, 1.165) is 12.3 Å². The van der Waals surface area contributed by atoms with Crippen molar-refractivity contribution in [1.29, 1.82) is 0 Å². The van der Waals surface area contributed by atoms with Crippen LogP contribution < -0.4 is 0 Å². The highest BCUT2D eigenvalue weighted by atomic mass is 19.4. The van der Waals surface area contributed by atoms with Gasteiger partial charge in [-0.3, -0.25) is 0 Å². The van der Waals surface area contributed by atoms with Gasteiger partial charge in [0.1, 0.15) is 0 Å². The van der Waals surface area contributed by atoms with Crippen molar-refractivity contribution in [2.75, 3.05) is 0 Å². The van der Waals surface area contributed by atoms with Crippen molar-refractivity contribution in [3.63, 3.8) is 0 Å². The molecular formula is C7H6F3N2. The Labute approximate surface area is 67.4 Å². The zero-order chi connectivity index (χ0) is 9.19. The summed E-state index contributed by atoms with van der Waals surface area (Å²) in [6, 6.07) is 0.905. The maximum absolute atomic E-state index is 12.1. The SMILES string of the molecule is C[CH]c1nnccc1C(F)(F)F. The van der Waals surface area contributed by atoms with Gasteiger partial charge in [0.05, 0.1) is 17.5 Å². The topological polar surface area (TPSA) is 25.8 Å². The summed E-state index contributed by atoms with van der Waals surface area (Å²) in [7, 11) is 0. The van der Waals surface area contributed by atoms with E-state index in [1.54, 1.807) is 0 Å². The second kappa shape index (κ2) is 3.08. The van der Waals surface area contributed by atoms with Crippen LogP contribution in [0.3, 0.4) is 0 Å². The van der Waals surface area contributed by atoms with Gasteiger partial charge >= 0.3 is 6.18 Å². The third-order valence-electron chi connectivity index (χ3n) is 1.33. The Kier molecular flexibility index (Phi) is 2.30. The number of nitrogens with zero attached hydrogens (tertiary/aromatic N) is 2. The molecule has 12 heavy (non-hydrogen) atoms. The second-order valence-electron chi connectivity index (χ2n) is 2.12. The second-order valence-corrected chi connectivity index (χ2v) is 2.12. The smallest absolute Gasteiger partial charge is 0.166 e. The first-order chi connectivity index (χ1) is 5.55. The Morgan fingerprint density at radius 1 is 1.42 bits per heavy atom. The van der Waals surface area contributed by atoms with E-state index in [2.05, 4.69) is 10.2 Å². The molecule has 0 bridgehead atoms. The molecule has 1 rings (SSSR count). The third-order valence-corrected chi connectivity index (χ3v) is 1.33. The van der Waals surface area contributed by atoms with Gasteiger partial charge in [0.15, 0.2) is 0 Å². The molecule has 0 aliphatic heterocycles. The molecule has 1 aromatic heterocycles. The molecule has 65 valence electrons. The van der Waals surface area contributed by atoms with Crippen LogP contribution in [0.4, 0.5) is 13.2 Å². The van der Waals surface area contributed by atoms with Crippen LogP contribution in [-0.4, -0.2) is 10.2 Å². The maximum atomic E-state index is 12.1. The predicted molar refractivity (Wildman–Crippen MR) is 36.1 cm³/mol. The van der Waals surface area contributed by atoms with Gasteiger partial charge in [-0.05, 0) is 6.07 Å². The van der Waals surface area contributed by atoms with Crippen molar-refractivity contribution in [3.05, 3.63) is 29.9 Å². The molecule has 0 atom stereocenters. The number of aromatic nitrogens is 2. The quantitative estimate of drug-likeness (QED) is 0.652. The Balaban J connectivity index is 3.14. The van der Waals surface area contributed by atoms with Crippen molar-refractivity contribution in [3.8, 4) is 0 Å². The molecule has 1 radical (unpaired) electrons. The Bertz CT molecular complexity index is 270. The minimum absolute atomic E-state index is 0.134. The van der Waals surface area contributed by atoms with E-state index in [9.17, 15) is 13.2 Å². The number of hydrogen-bond acceptors (Lipinski definition) is 2. The van der Waals surface area contributed by atoms with Crippen molar-refractivity contribution >= 4 is 0 Å². The summed E-state index contributed by atoms with van der Waals surface area (Å²) in [6.45, 7) is 1.49. The van der Waals surface area contributed by atoms with Crippen molar-refractivity contribution in [1.82, 2.24) is 10.2 Å². The fourth-order valence-electron chi connectivity index (χ4n) is 0.796. The fraction of sp³-hybridized carbons (Fsp3) is 0.286. The van der Waals surface area contributed by atoms with E-state index < -0.39 is 11.7 Å². The highest BCUT2D eigenvalue weighted by Crippen LogP contribution is 2.30. The van der Waals surface area contributed by atoms with Crippen LogP contribution in [0.5, 0.6) is 0 Å². The molecule has 2 nitrogen and oxygen atoms in total. The first-order valence-corrected chi connectivity index (χ1v) is 3.24. The summed E-state index contributed by atoms with van der Waals surface area (Å²) in [5.74, 6) is 0. The molecule has 5 heteroatoms. The lowest BCUT2D eigenvalue weighted by molar-refractivity contribution is -0.138. The van der Waals surface area contributed by atoms with E-state index in [1.165, 1.54) is 13.3 Å². The summed E-state index contributed by atoms with van der Waals surface area (Å²) in [4.78, 5) is 0. The van der Waals surface area contributed by atoms with Crippen molar-refractivity contribution in [2.24, 2.45) is 0 Å². The number of alkyl halides is 3. The molecular weight excluding hydrogens is 169 g/mol. The van der Waals surface area contributed by atoms with Gasteiger partial charge in [-0.25, -0.2) is 0 Å². The molecule has 0 aliphatic carbocycles. The van der Waals surface area contributed by atoms with Crippen LogP contribution in [0.2, 0.25) is 0 Å². The largest absolute Gasteiger partial charge is 0.418 e. The normalized spacial score (nSPS) is 11.7. The highest BCUT2D eigenvalue weighted by molar-refractivity contribution is 5.25. The molecule has 0 spiro atoms. The number of halogens is 3. The van der Waals surface area contributed by atoms with Gasteiger partial charge in [0.25, 0.3) is 0 Å². The van der Waals surface area contributed by atoms with Gasteiger partial charge in [-0.15, -0.1) is 0 Å². The lowest BCUT2D eigenvalue weighted by Crippen LogP contribution is -2.10. The van der Waals surface area contributed by atoms with Gasteiger partial charge in [-0.2, -0.15) is 23.4 Å². The van der Waals surface area contributed by atoms with Crippen LogP contribution >= 0.6 is 0 Å². The number of rotatable bonds is 1. The van der Waals surface area contributed by atoms with Crippen molar-refractivity contribution < 1.29 is 13.2 Å². The molecule has 1 aromatic rings. The minimum Gasteiger partial charge on any atom is -0.166 e. The van der Waals surface area contributed by atoms with E-state index in [4.69, 9.17) is 0 Å². The maximum Gasteiger partial charge on any atom is 0.418 e. The zero-order valence-electron chi connectivity index (χ0n) is 6.26. The lowest BCUT2D eigenvalue weighted by Gasteiger charge is -2.08. The van der Waals surface area contributed by atoms with Gasteiger partial charge in [0.2, 0.25) is 0 Å². The summed E-state index contributed by atoms with van der Waals surface area (Å²) in [5.41, 5.74) is -0.884. The molecule has 0 amide bonds. The van der Waals surface area contributed by atoms with Crippen LogP contribution in [0.25, 0.3) is 0 Å². The molecule has 0 N–H and O–H groups in total. The average molecular weight is 175 g/mol. The number of hydrogen-bond donors (Lipinski definition) is 0. The Morgan fingerprint density at radius 2 is 2.08 bits per heavy atom. The fourth-order valence-corrected chi connectivity index (χ4v) is 0.796. The zero-order valence-corrected chi connectivity index (χ0v) is 6.26. The summed E-state index contributed by atoms with van der Waals surface area (Å²) in [5, 5.41) is 6.69. The average Bonchev–Trinajstić information content (AvgIpc) is 2.03. The molecule has 1 heterocycles. The van der Waals surface area contributed by atoms with Crippen molar-refractivity contribution in [2.45, 2.75) is 13.1 Å². The summed E-state index contributed by atoms with van der Waals surface area (Å²) < 4.78 is 36.4. The van der Waals surface area contributed by atoms with E-state index >= 15 is 0 Å². The van der Waals surface area contributed by atoms with E-state index in [1.807, 2.05) is 0 Å². The summed E-state index contributed by atoms with van der Waals surface area (Å²) >= 11 is 0. The molecule has 0 aliphatic rings. The van der Waals surface area contributed by atoms with Crippen LogP contribution in [0.1, 0.15) is 18.2 Å². The van der Waals surface area contributed by atoms with Gasteiger partial charge < -0.3 is 0 Å². The minimum atomic E-state index is -4.35. The van der Waals surface area contributed by atoms with E-state index in [0.29, 0.717) is 0 Å². The molecule has 0 saturated carbocycles. The molecule has 0 saturated heterocycles. The standard InChI is InChI=1S/C7H6F3N2/c1-2-6-5(7(8,9)10)3-4-11-12-6/h2-4H,1H3. The predicted octanol–water partition coefficient (Wildman–Crippen LogP) is 2.07. The first kappa shape index (κ1) is 8.96. The van der Waals surface area contributed by atoms with E-state index in [-0.39, 0.29) is 5.69 Å². The Hall–Kier alpha value is -1.13. The molecule has 0 fully saturated rings. The van der Waals surface area contributed by atoms with Gasteiger partial charge in [-0.1, -0.05) is 6.92 Å². The van der Waals surface area contributed by atoms with Gasteiger partial charge in [0, 0.05) is 6.42 Å². The monoisotopic (exact) mass is 175 g/mol. The Morgan fingerprint density at radius 3 is 2.50 bits per heavy atom. The molecule has 0 aromatic carbocycles. The van der Waals surface area contributed by atoms with Crippen LogP contribution in [0.15, 0.2) is 12.3 Å². The highest BCUT2D eigenvalue weighted by Gasteiger charge is 2.33. The third kappa shape index (κ3) is 1.72. The van der Waals surface area contributed by atoms with Crippen LogP contribution in [-0.2, 0) is 6.18 Å². The van der Waals surface area contributed by atoms with Crippen LogP contribution in [0, 0.1) is 6.42 Å². The summed E-state index contributed by atoms with van der Waals surface area (Å²) in [6.07, 6.45) is -2.05. The first-order valence-electron chi connectivity index (χ1n) is 3.24. The lowest BCUT2D eigenvalue weighted by atomic mass is 10.2. The molecule has 0 unspecified atom stereocenters.